The van der Waals surface area contributed by atoms with E-state index in [-0.39, 0.29) is 6.10 Å². The lowest BCUT2D eigenvalue weighted by Gasteiger charge is -2.12. The van der Waals surface area contributed by atoms with Gasteiger partial charge in [0.15, 0.2) is 12.2 Å². The first kappa shape index (κ1) is 9.04. The summed E-state index contributed by atoms with van der Waals surface area (Å²) in [6.45, 7) is 6.45. The molecule has 1 aliphatic rings. The highest BCUT2D eigenvalue weighted by molar-refractivity contribution is 5.42. The maximum absolute atomic E-state index is 9.83. The summed E-state index contributed by atoms with van der Waals surface area (Å²) in [4.78, 5) is 12.1. The fourth-order valence-electron chi connectivity index (χ4n) is 1.38. The summed E-state index contributed by atoms with van der Waals surface area (Å²) in [6, 6.07) is 0. The van der Waals surface area contributed by atoms with Crippen LogP contribution in [0.4, 0.5) is 0 Å². The summed E-state index contributed by atoms with van der Waals surface area (Å²) in [7, 11) is 0. The van der Waals surface area contributed by atoms with Crippen LogP contribution in [0, 0.1) is 0 Å². The molecule has 0 aromatic rings. The van der Waals surface area contributed by atoms with Crippen LogP contribution in [-0.2, 0) is 9.53 Å². The zero-order chi connectivity index (χ0) is 8.81. The Morgan fingerprint density at radius 2 is 2.58 bits per heavy atom. The van der Waals surface area contributed by atoms with Gasteiger partial charge in [-0.3, -0.25) is 4.90 Å². The van der Waals surface area contributed by atoms with Gasteiger partial charge in [0.25, 0.3) is 0 Å². The van der Waals surface area contributed by atoms with E-state index < -0.39 is 0 Å². The van der Waals surface area contributed by atoms with Crippen molar-refractivity contribution >= 4 is 5.94 Å². The van der Waals surface area contributed by atoms with Crippen molar-refractivity contribution in [1.29, 1.82) is 0 Å². The van der Waals surface area contributed by atoms with Crippen molar-refractivity contribution in [2.75, 3.05) is 19.6 Å². The molecule has 0 bridgehead atoms. The molecule has 1 fully saturated rings. The number of nitrogens with zero attached hydrogens (tertiary/aromatic N) is 1. The van der Waals surface area contributed by atoms with E-state index in [0.717, 1.165) is 32.3 Å². The molecule has 1 aliphatic heterocycles. The summed E-state index contributed by atoms with van der Waals surface area (Å²) in [5.41, 5.74) is 0. The number of carbonyl (C=O) groups excluding carboxylic acids is 1. The second kappa shape index (κ2) is 4.75. The van der Waals surface area contributed by atoms with Gasteiger partial charge in [0, 0.05) is 19.6 Å². The molecular weight excluding hydrogens is 154 g/mol. The molecule has 0 spiro atoms. The van der Waals surface area contributed by atoms with Crippen molar-refractivity contribution in [3.05, 3.63) is 18.9 Å². The largest absolute Gasteiger partial charge is 0.485 e. The number of hydrogen-bond donors (Lipinski definition) is 0. The van der Waals surface area contributed by atoms with Crippen molar-refractivity contribution in [3.8, 4) is 0 Å². The molecule has 1 heterocycles. The smallest absolute Gasteiger partial charge is 0.167 e. The van der Waals surface area contributed by atoms with Crippen molar-refractivity contribution in [3.63, 3.8) is 0 Å². The second-order valence-corrected chi connectivity index (χ2v) is 2.83. The quantitative estimate of drug-likeness (QED) is 0.349. The summed E-state index contributed by atoms with van der Waals surface area (Å²) in [5.74, 6) is 1.61. The van der Waals surface area contributed by atoms with Crippen LogP contribution >= 0.6 is 0 Å². The Morgan fingerprint density at radius 1 is 1.75 bits per heavy atom. The average molecular weight is 167 g/mol. The normalized spacial score (nSPS) is 23.2. The summed E-state index contributed by atoms with van der Waals surface area (Å²) < 4.78 is 5.10. The third-order valence-corrected chi connectivity index (χ3v) is 1.93. The van der Waals surface area contributed by atoms with E-state index >= 15 is 0 Å². The van der Waals surface area contributed by atoms with Crippen molar-refractivity contribution in [1.82, 2.24) is 4.90 Å². The molecule has 66 valence electrons. The predicted molar refractivity (Wildman–Crippen MR) is 46.4 cm³/mol. The molecule has 0 saturated carbocycles. The van der Waals surface area contributed by atoms with Gasteiger partial charge in [0.1, 0.15) is 6.10 Å². The van der Waals surface area contributed by atoms with Gasteiger partial charge < -0.3 is 4.74 Å². The van der Waals surface area contributed by atoms with Gasteiger partial charge in [0.2, 0.25) is 0 Å². The molecule has 0 amide bonds. The maximum Gasteiger partial charge on any atom is 0.167 e. The van der Waals surface area contributed by atoms with E-state index in [4.69, 9.17) is 4.74 Å². The molecule has 0 N–H and O–H groups in total. The lowest BCUT2D eigenvalue weighted by molar-refractivity contribution is 0.152. The van der Waals surface area contributed by atoms with Crippen molar-refractivity contribution in [2.24, 2.45) is 0 Å². The van der Waals surface area contributed by atoms with Crippen LogP contribution < -0.4 is 0 Å². The molecule has 0 aromatic heterocycles. The third kappa shape index (κ3) is 2.53. The third-order valence-electron chi connectivity index (χ3n) is 1.93. The molecule has 1 unspecified atom stereocenters. The molecule has 0 radical (unpaired) electrons. The van der Waals surface area contributed by atoms with Gasteiger partial charge >= 0.3 is 0 Å². The standard InChI is InChI=1S/C9H13NO2/c1-2-4-10-5-3-9(8-10)12-7-6-11/h2,7,9H,1,3-5,8H2. The van der Waals surface area contributed by atoms with Crippen LogP contribution in [-0.4, -0.2) is 36.6 Å². The molecule has 1 saturated heterocycles. The fourth-order valence-corrected chi connectivity index (χ4v) is 1.38. The maximum atomic E-state index is 9.83. The van der Waals surface area contributed by atoms with Crippen molar-refractivity contribution < 1.29 is 9.53 Å². The van der Waals surface area contributed by atoms with Crippen LogP contribution in [0.25, 0.3) is 0 Å². The SMILES string of the molecule is C=CCN1CCC(OC=C=O)C1. The van der Waals surface area contributed by atoms with Crippen LogP contribution in [0.5, 0.6) is 0 Å². The Bertz CT molecular complexity index is 197. The van der Waals surface area contributed by atoms with Gasteiger partial charge in [-0.2, -0.15) is 0 Å². The van der Waals surface area contributed by atoms with E-state index in [9.17, 15) is 4.79 Å². The second-order valence-electron chi connectivity index (χ2n) is 2.83. The topological polar surface area (TPSA) is 29.5 Å². The average Bonchev–Trinajstić information content (AvgIpc) is 2.50. The van der Waals surface area contributed by atoms with Gasteiger partial charge in [-0.1, -0.05) is 6.08 Å². The molecule has 1 rings (SSSR count). The Hall–Kier alpha value is -1.05. The first-order chi connectivity index (χ1) is 5.86. The highest BCUT2D eigenvalue weighted by atomic mass is 16.5. The minimum absolute atomic E-state index is 0.159. The summed E-state index contributed by atoms with van der Waals surface area (Å²) >= 11 is 0. The number of ether oxygens (including phenoxy) is 1. The monoisotopic (exact) mass is 167 g/mol. The number of likely N-dealkylation sites (tertiary alicyclic amines) is 1. The highest BCUT2D eigenvalue weighted by Crippen LogP contribution is 2.11. The molecule has 12 heavy (non-hydrogen) atoms. The van der Waals surface area contributed by atoms with Crippen LogP contribution in [0.3, 0.4) is 0 Å². The first-order valence-electron chi connectivity index (χ1n) is 4.05. The zero-order valence-corrected chi connectivity index (χ0v) is 7.03. The van der Waals surface area contributed by atoms with Gasteiger partial charge in [-0.25, -0.2) is 4.79 Å². The molecule has 1 atom stereocenters. The number of hydrogen-bond acceptors (Lipinski definition) is 3. The number of rotatable bonds is 4. The van der Waals surface area contributed by atoms with Crippen molar-refractivity contribution in [2.45, 2.75) is 12.5 Å². The van der Waals surface area contributed by atoms with E-state index in [1.807, 2.05) is 6.08 Å². The Balaban J connectivity index is 2.25. The molecule has 3 heteroatoms. The Kier molecular flexibility index (Phi) is 3.58. The van der Waals surface area contributed by atoms with Crippen LogP contribution in [0.1, 0.15) is 6.42 Å². The summed E-state index contributed by atoms with van der Waals surface area (Å²) in [6.07, 6.45) is 4.11. The van der Waals surface area contributed by atoms with E-state index in [2.05, 4.69) is 11.5 Å². The molecular formula is C9H13NO2. The Morgan fingerprint density at radius 3 is 3.25 bits per heavy atom. The van der Waals surface area contributed by atoms with E-state index in [1.54, 1.807) is 5.94 Å². The molecule has 0 aliphatic carbocycles. The lowest BCUT2D eigenvalue weighted by atomic mass is 10.3. The zero-order valence-electron chi connectivity index (χ0n) is 7.03. The predicted octanol–water partition coefficient (Wildman–Crippen LogP) is 0.609. The molecule has 0 aromatic carbocycles. The van der Waals surface area contributed by atoms with Crippen LogP contribution in [0.2, 0.25) is 0 Å². The minimum Gasteiger partial charge on any atom is -0.485 e. The van der Waals surface area contributed by atoms with E-state index in [0.29, 0.717) is 0 Å². The Labute approximate surface area is 72.3 Å². The van der Waals surface area contributed by atoms with Gasteiger partial charge in [-0.15, -0.1) is 6.58 Å². The minimum atomic E-state index is 0.159. The molecule has 3 nitrogen and oxygen atoms in total. The van der Waals surface area contributed by atoms with E-state index in [1.165, 1.54) is 0 Å². The lowest BCUT2D eigenvalue weighted by Crippen LogP contribution is -2.22. The first-order valence-corrected chi connectivity index (χ1v) is 4.05. The van der Waals surface area contributed by atoms with Crippen LogP contribution in [0.15, 0.2) is 18.9 Å². The highest BCUT2D eigenvalue weighted by Gasteiger charge is 2.21. The summed E-state index contributed by atoms with van der Waals surface area (Å²) in [5, 5.41) is 0. The fraction of sp³-hybridized carbons (Fsp3) is 0.556. The van der Waals surface area contributed by atoms with Gasteiger partial charge in [-0.05, 0) is 6.42 Å². The van der Waals surface area contributed by atoms with Gasteiger partial charge in [0.05, 0.1) is 0 Å².